The summed E-state index contributed by atoms with van der Waals surface area (Å²) in [7, 11) is 0. The van der Waals surface area contributed by atoms with E-state index in [-0.39, 0.29) is 5.91 Å². The average Bonchev–Trinajstić information content (AvgIpc) is 3.04. The number of anilines is 1. The van der Waals surface area contributed by atoms with Gasteiger partial charge in [-0.1, -0.05) is 23.2 Å². The van der Waals surface area contributed by atoms with Gasteiger partial charge in [-0.3, -0.25) is 4.79 Å². The van der Waals surface area contributed by atoms with Crippen LogP contribution >= 0.6 is 45.8 Å². The van der Waals surface area contributed by atoms with E-state index in [9.17, 15) is 4.79 Å². The van der Waals surface area contributed by atoms with Crippen LogP contribution in [0, 0.1) is 3.57 Å². The van der Waals surface area contributed by atoms with Crippen molar-refractivity contribution in [3.63, 3.8) is 0 Å². The molecule has 25 heavy (non-hydrogen) atoms. The highest BCUT2D eigenvalue weighted by Gasteiger charge is 2.08. The molecular formula is C18H11Cl2IN2O2. The largest absolute Gasteiger partial charge is 0.457 e. The van der Waals surface area contributed by atoms with Gasteiger partial charge < -0.3 is 9.73 Å². The highest BCUT2D eigenvalue weighted by atomic mass is 127. The van der Waals surface area contributed by atoms with Gasteiger partial charge in [0.25, 0.3) is 0 Å². The van der Waals surface area contributed by atoms with Crippen LogP contribution < -0.4 is 5.32 Å². The Morgan fingerprint density at radius 1 is 1.16 bits per heavy atom. The molecule has 0 fully saturated rings. The summed E-state index contributed by atoms with van der Waals surface area (Å²) in [5, 5.41) is 3.73. The number of carbonyl (C=O) groups excluding carboxylic acids is 1. The molecule has 0 saturated carbocycles. The number of nitrogens with zero attached hydrogens (tertiary/aromatic N) is 1. The number of pyridine rings is 1. The molecule has 3 rings (SSSR count). The van der Waals surface area contributed by atoms with Crippen molar-refractivity contribution in [2.24, 2.45) is 0 Å². The second-order valence-corrected chi connectivity index (χ2v) is 7.10. The van der Waals surface area contributed by atoms with Crippen LogP contribution in [0.4, 0.5) is 5.82 Å². The Morgan fingerprint density at radius 2 is 2.00 bits per heavy atom. The zero-order valence-corrected chi connectivity index (χ0v) is 16.3. The number of halogens is 3. The molecule has 2 heterocycles. The maximum absolute atomic E-state index is 11.9. The van der Waals surface area contributed by atoms with Gasteiger partial charge in [0.15, 0.2) is 0 Å². The summed E-state index contributed by atoms with van der Waals surface area (Å²) >= 11 is 14.2. The molecule has 0 spiro atoms. The predicted octanol–water partition coefficient (Wildman–Crippen LogP) is 5.90. The number of furan rings is 1. The van der Waals surface area contributed by atoms with Crippen molar-refractivity contribution >= 4 is 63.6 Å². The number of hydrogen-bond donors (Lipinski definition) is 1. The van der Waals surface area contributed by atoms with Crippen LogP contribution in [0.5, 0.6) is 0 Å². The van der Waals surface area contributed by atoms with E-state index < -0.39 is 0 Å². The zero-order chi connectivity index (χ0) is 17.8. The highest BCUT2D eigenvalue weighted by Crippen LogP contribution is 2.31. The van der Waals surface area contributed by atoms with Crippen LogP contribution in [0.25, 0.3) is 17.4 Å². The molecule has 0 aliphatic rings. The van der Waals surface area contributed by atoms with Gasteiger partial charge in [0.2, 0.25) is 5.91 Å². The number of nitrogens with one attached hydrogen (secondary N) is 1. The van der Waals surface area contributed by atoms with Gasteiger partial charge in [0.05, 0.1) is 5.02 Å². The number of aromatic nitrogens is 1. The first-order chi connectivity index (χ1) is 12.0. The van der Waals surface area contributed by atoms with Gasteiger partial charge in [-0.25, -0.2) is 4.98 Å². The monoisotopic (exact) mass is 484 g/mol. The van der Waals surface area contributed by atoms with Gasteiger partial charge in [-0.2, -0.15) is 0 Å². The molecular weight excluding hydrogens is 474 g/mol. The van der Waals surface area contributed by atoms with E-state index in [2.05, 4.69) is 32.9 Å². The van der Waals surface area contributed by atoms with E-state index in [1.165, 1.54) is 6.08 Å². The minimum absolute atomic E-state index is 0.295. The van der Waals surface area contributed by atoms with Crippen LogP contribution in [0.3, 0.4) is 0 Å². The Bertz CT molecular complexity index is 937. The van der Waals surface area contributed by atoms with Crippen molar-refractivity contribution in [3.05, 3.63) is 74.1 Å². The van der Waals surface area contributed by atoms with Crippen LogP contribution in [0.2, 0.25) is 10.0 Å². The smallest absolute Gasteiger partial charge is 0.249 e. The summed E-state index contributed by atoms with van der Waals surface area (Å²) in [6.45, 7) is 0. The second kappa shape index (κ2) is 8.03. The van der Waals surface area contributed by atoms with Crippen molar-refractivity contribution in [2.45, 2.75) is 0 Å². The first kappa shape index (κ1) is 18.0. The third-order valence-electron chi connectivity index (χ3n) is 3.20. The van der Waals surface area contributed by atoms with Crippen molar-refractivity contribution in [3.8, 4) is 11.3 Å². The molecule has 1 aromatic carbocycles. The van der Waals surface area contributed by atoms with Gasteiger partial charge >= 0.3 is 0 Å². The molecule has 1 N–H and O–H groups in total. The Labute approximate surface area is 168 Å². The van der Waals surface area contributed by atoms with Crippen LogP contribution in [0.15, 0.2) is 59.2 Å². The molecule has 3 aromatic rings. The fourth-order valence-corrected chi connectivity index (χ4v) is 2.87. The molecule has 4 nitrogen and oxygen atoms in total. The minimum Gasteiger partial charge on any atom is -0.457 e. The van der Waals surface area contributed by atoms with Crippen LogP contribution in [0.1, 0.15) is 5.76 Å². The van der Waals surface area contributed by atoms with Gasteiger partial charge in [-0.05, 0) is 71.1 Å². The molecule has 0 bridgehead atoms. The summed E-state index contributed by atoms with van der Waals surface area (Å²) in [6.07, 6.45) is 4.63. The molecule has 0 aliphatic heterocycles. The fourth-order valence-electron chi connectivity index (χ4n) is 2.05. The molecule has 7 heteroatoms. The molecule has 1 amide bonds. The minimum atomic E-state index is -0.295. The number of hydrogen-bond acceptors (Lipinski definition) is 3. The third kappa shape index (κ3) is 4.84. The third-order valence-corrected chi connectivity index (χ3v) is 4.39. The fraction of sp³-hybridized carbons (Fsp3) is 0. The van der Waals surface area contributed by atoms with Crippen molar-refractivity contribution in [2.75, 3.05) is 5.32 Å². The van der Waals surface area contributed by atoms with E-state index in [0.29, 0.717) is 27.4 Å². The van der Waals surface area contributed by atoms with E-state index in [4.69, 9.17) is 27.6 Å². The molecule has 126 valence electrons. The number of rotatable bonds is 4. The average molecular weight is 485 g/mol. The summed E-state index contributed by atoms with van der Waals surface area (Å²) in [5.74, 6) is 1.33. The van der Waals surface area contributed by atoms with Crippen molar-refractivity contribution in [1.82, 2.24) is 4.98 Å². The Hall–Kier alpha value is -1.83. The summed E-state index contributed by atoms with van der Waals surface area (Å²) in [5.41, 5.74) is 0.734. The van der Waals surface area contributed by atoms with Gasteiger partial charge in [0, 0.05) is 26.4 Å². The van der Waals surface area contributed by atoms with Crippen molar-refractivity contribution < 1.29 is 9.21 Å². The lowest BCUT2D eigenvalue weighted by Crippen LogP contribution is -2.08. The second-order valence-electron chi connectivity index (χ2n) is 5.01. The maximum atomic E-state index is 11.9. The van der Waals surface area contributed by atoms with Crippen LogP contribution in [-0.4, -0.2) is 10.9 Å². The lowest BCUT2D eigenvalue weighted by atomic mass is 10.2. The van der Waals surface area contributed by atoms with Gasteiger partial charge in [-0.15, -0.1) is 0 Å². The quantitative estimate of drug-likeness (QED) is 0.370. The topological polar surface area (TPSA) is 55.1 Å². The predicted molar refractivity (Wildman–Crippen MR) is 109 cm³/mol. The molecule has 0 aliphatic carbocycles. The van der Waals surface area contributed by atoms with E-state index in [1.54, 1.807) is 48.7 Å². The molecule has 0 atom stereocenters. The molecule has 2 aromatic heterocycles. The highest BCUT2D eigenvalue weighted by molar-refractivity contribution is 14.1. The van der Waals surface area contributed by atoms with Crippen LogP contribution in [-0.2, 0) is 4.79 Å². The maximum Gasteiger partial charge on any atom is 0.249 e. The van der Waals surface area contributed by atoms with Gasteiger partial charge in [0.1, 0.15) is 17.3 Å². The summed E-state index contributed by atoms with van der Waals surface area (Å²) < 4.78 is 6.69. The number of amides is 1. The molecule has 0 radical (unpaired) electrons. The first-order valence-electron chi connectivity index (χ1n) is 7.17. The van der Waals surface area contributed by atoms with E-state index in [1.807, 2.05) is 6.07 Å². The lowest BCUT2D eigenvalue weighted by Gasteiger charge is -2.01. The Morgan fingerprint density at radius 3 is 2.72 bits per heavy atom. The first-order valence-corrected chi connectivity index (χ1v) is 9.00. The molecule has 0 unspecified atom stereocenters. The molecule has 0 saturated heterocycles. The lowest BCUT2D eigenvalue weighted by molar-refractivity contribution is -0.111. The SMILES string of the molecule is O=C(/C=C/c1ccc(-c2ccc(Cl)cc2Cl)o1)Nc1ccc(I)cn1. The standard InChI is InChI=1S/C18H11Cl2IN2O2/c19-11-1-5-14(15(20)9-11)16-6-3-13(25-16)4-8-18(24)23-17-7-2-12(21)10-22-17/h1-10H,(H,22,23,24)/b8-4+. The zero-order valence-electron chi connectivity index (χ0n) is 12.7. The van der Waals surface area contributed by atoms with E-state index in [0.717, 1.165) is 9.13 Å². The Balaban J connectivity index is 1.69. The van der Waals surface area contributed by atoms with Crippen molar-refractivity contribution in [1.29, 1.82) is 0 Å². The summed E-state index contributed by atoms with van der Waals surface area (Å²) in [4.78, 5) is 16.0. The van der Waals surface area contributed by atoms with E-state index >= 15 is 0 Å². The number of benzene rings is 1. The Kier molecular flexibility index (Phi) is 5.78. The summed E-state index contributed by atoms with van der Waals surface area (Å²) in [6, 6.07) is 12.3. The number of carbonyl (C=O) groups is 1. The normalized spacial score (nSPS) is 11.0.